The van der Waals surface area contributed by atoms with Crippen LogP contribution in [0, 0.1) is 16.3 Å². The molecule has 0 amide bonds. The van der Waals surface area contributed by atoms with E-state index >= 15 is 0 Å². The Hall–Kier alpha value is -0.960. The van der Waals surface area contributed by atoms with E-state index in [1.807, 2.05) is 22.6 Å². The lowest BCUT2D eigenvalue weighted by atomic mass is 10.2. The lowest BCUT2D eigenvalue weighted by molar-refractivity contribution is 0.620. The van der Waals surface area contributed by atoms with Gasteiger partial charge in [-0.2, -0.15) is 0 Å². The lowest BCUT2D eigenvalue weighted by Crippen LogP contribution is -2.13. The van der Waals surface area contributed by atoms with Crippen LogP contribution in [-0.2, 0) is 0 Å². The van der Waals surface area contributed by atoms with Crippen LogP contribution in [0.25, 0.3) is 0 Å². The van der Waals surface area contributed by atoms with E-state index in [0.29, 0.717) is 19.5 Å². The SMILES string of the molecule is Cc1cc(F)c(Br)cc1Nc1nc[nH]c(=O)c1I. The number of rotatable bonds is 2. The van der Waals surface area contributed by atoms with Crippen LogP contribution >= 0.6 is 38.5 Å². The van der Waals surface area contributed by atoms with E-state index < -0.39 is 0 Å². The number of aromatic amines is 1. The van der Waals surface area contributed by atoms with E-state index in [1.165, 1.54) is 12.4 Å². The molecule has 0 saturated heterocycles. The van der Waals surface area contributed by atoms with E-state index in [4.69, 9.17) is 0 Å². The van der Waals surface area contributed by atoms with E-state index in [9.17, 15) is 9.18 Å². The van der Waals surface area contributed by atoms with Gasteiger partial charge in [0.05, 0.1) is 10.8 Å². The van der Waals surface area contributed by atoms with Gasteiger partial charge in [0.2, 0.25) is 0 Å². The van der Waals surface area contributed by atoms with Gasteiger partial charge in [0.1, 0.15) is 9.39 Å². The van der Waals surface area contributed by atoms with Gasteiger partial charge in [-0.3, -0.25) is 4.79 Å². The summed E-state index contributed by atoms with van der Waals surface area (Å²) in [6, 6.07) is 3.02. The van der Waals surface area contributed by atoms with Gasteiger partial charge in [-0.1, -0.05) is 0 Å². The van der Waals surface area contributed by atoms with Gasteiger partial charge in [-0.25, -0.2) is 9.37 Å². The molecule has 0 aliphatic heterocycles. The molecular weight excluding hydrogens is 416 g/mol. The molecule has 0 spiro atoms. The molecular formula is C11H8BrFIN3O. The molecule has 2 rings (SSSR count). The molecule has 1 aromatic carbocycles. The van der Waals surface area contributed by atoms with Crippen LogP contribution in [0.15, 0.2) is 27.7 Å². The number of hydrogen-bond acceptors (Lipinski definition) is 3. The van der Waals surface area contributed by atoms with Gasteiger partial charge < -0.3 is 10.3 Å². The van der Waals surface area contributed by atoms with E-state index in [2.05, 4.69) is 31.2 Å². The molecule has 0 saturated carbocycles. The summed E-state index contributed by atoms with van der Waals surface area (Å²) in [5.74, 6) is 0.118. The van der Waals surface area contributed by atoms with Gasteiger partial charge in [-0.05, 0) is 63.1 Å². The molecule has 0 radical (unpaired) electrons. The monoisotopic (exact) mass is 423 g/mol. The Balaban J connectivity index is 2.43. The third-order valence-electron chi connectivity index (χ3n) is 2.32. The van der Waals surface area contributed by atoms with Crippen molar-refractivity contribution in [1.82, 2.24) is 9.97 Å². The zero-order valence-corrected chi connectivity index (χ0v) is 13.0. The number of aryl methyl sites for hydroxylation is 1. The van der Waals surface area contributed by atoms with Crippen LogP contribution in [-0.4, -0.2) is 9.97 Å². The molecule has 2 aromatic rings. The second-order valence-corrected chi connectivity index (χ2v) is 5.53. The third kappa shape index (κ3) is 2.72. The summed E-state index contributed by atoms with van der Waals surface area (Å²) in [6.07, 6.45) is 1.32. The van der Waals surface area contributed by atoms with Crippen molar-refractivity contribution in [3.8, 4) is 0 Å². The Morgan fingerprint density at radius 3 is 2.94 bits per heavy atom. The minimum absolute atomic E-state index is 0.216. The summed E-state index contributed by atoms with van der Waals surface area (Å²) in [5, 5.41) is 3.01. The zero-order valence-electron chi connectivity index (χ0n) is 9.22. The second-order valence-electron chi connectivity index (χ2n) is 3.60. The summed E-state index contributed by atoms with van der Waals surface area (Å²) < 4.78 is 14.1. The first-order valence-corrected chi connectivity index (χ1v) is 6.82. The highest BCUT2D eigenvalue weighted by Gasteiger charge is 2.09. The fourth-order valence-corrected chi connectivity index (χ4v) is 2.15. The number of nitrogens with zero attached hydrogens (tertiary/aromatic N) is 1. The number of benzene rings is 1. The summed E-state index contributed by atoms with van der Waals surface area (Å²) in [4.78, 5) is 17.9. The average Bonchev–Trinajstić information content (AvgIpc) is 2.32. The van der Waals surface area contributed by atoms with Crippen molar-refractivity contribution in [3.05, 3.63) is 48.2 Å². The Morgan fingerprint density at radius 1 is 1.50 bits per heavy atom. The zero-order chi connectivity index (χ0) is 13.3. The molecule has 0 aliphatic rings. The molecule has 4 nitrogen and oxygen atoms in total. The van der Waals surface area contributed by atoms with Crippen molar-refractivity contribution in [3.63, 3.8) is 0 Å². The maximum atomic E-state index is 13.3. The minimum atomic E-state index is -0.327. The summed E-state index contributed by atoms with van der Waals surface area (Å²) in [6.45, 7) is 1.78. The molecule has 18 heavy (non-hydrogen) atoms. The molecule has 1 heterocycles. The molecule has 7 heteroatoms. The van der Waals surface area contributed by atoms with Crippen molar-refractivity contribution >= 4 is 50.0 Å². The number of H-pyrrole nitrogens is 1. The Kier molecular flexibility index (Phi) is 4.00. The van der Waals surface area contributed by atoms with Crippen molar-refractivity contribution in [2.75, 3.05) is 5.32 Å². The predicted octanol–water partition coefficient (Wildman–Crippen LogP) is 3.33. The Bertz CT molecular complexity index is 659. The van der Waals surface area contributed by atoms with Crippen LogP contribution in [0.1, 0.15) is 5.56 Å². The molecule has 1 aromatic heterocycles. The van der Waals surface area contributed by atoms with Gasteiger partial charge in [-0.15, -0.1) is 0 Å². The normalized spacial score (nSPS) is 10.4. The summed E-state index contributed by atoms with van der Waals surface area (Å²) in [5.41, 5.74) is 1.21. The van der Waals surface area contributed by atoms with Crippen molar-refractivity contribution in [2.45, 2.75) is 6.92 Å². The van der Waals surface area contributed by atoms with Crippen molar-refractivity contribution in [2.24, 2.45) is 0 Å². The lowest BCUT2D eigenvalue weighted by Gasteiger charge is -2.10. The van der Waals surface area contributed by atoms with Crippen molar-refractivity contribution in [1.29, 1.82) is 0 Å². The fraction of sp³-hybridized carbons (Fsp3) is 0.0909. The van der Waals surface area contributed by atoms with Crippen molar-refractivity contribution < 1.29 is 4.39 Å². The van der Waals surface area contributed by atoms with Gasteiger partial charge >= 0.3 is 0 Å². The van der Waals surface area contributed by atoms with E-state index in [1.54, 1.807) is 13.0 Å². The first-order valence-electron chi connectivity index (χ1n) is 4.95. The molecule has 0 fully saturated rings. The maximum Gasteiger partial charge on any atom is 0.266 e. The number of nitrogens with one attached hydrogen (secondary N) is 2. The average molecular weight is 424 g/mol. The summed E-state index contributed by atoms with van der Waals surface area (Å²) in [7, 11) is 0. The summed E-state index contributed by atoms with van der Waals surface area (Å²) >= 11 is 5.03. The predicted molar refractivity (Wildman–Crippen MR) is 79.7 cm³/mol. The number of halogens is 3. The van der Waals surface area contributed by atoms with Gasteiger partial charge in [0.25, 0.3) is 5.56 Å². The number of anilines is 2. The smallest absolute Gasteiger partial charge is 0.266 e. The molecule has 94 valence electrons. The topological polar surface area (TPSA) is 57.8 Å². The van der Waals surface area contributed by atoms with Gasteiger partial charge in [0, 0.05) is 5.69 Å². The van der Waals surface area contributed by atoms with E-state index in [-0.39, 0.29) is 11.4 Å². The third-order valence-corrected chi connectivity index (χ3v) is 3.93. The van der Waals surface area contributed by atoms with E-state index in [0.717, 1.165) is 5.56 Å². The minimum Gasteiger partial charge on any atom is -0.339 e. The van der Waals surface area contributed by atoms with Crippen LogP contribution < -0.4 is 10.9 Å². The molecule has 0 atom stereocenters. The first kappa shape index (κ1) is 13.5. The highest BCUT2D eigenvalue weighted by molar-refractivity contribution is 14.1. The van der Waals surface area contributed by atoms with Crippen LogP contribution in [0.2, 0.25) is 0 Å². The second kappa shape index (κ2) is 5.35. The fourth-order valence-electron chi connectivity index (χ4n) is 1.38. The number of hydrogen-bond donors (Lipinski definition) is 2. The largest absolute Gasteiger partial charge is 0.339 e. The van der Waals surface area contributed by atoms with Crippen LogP contribution in [0.4, 0.5) is 15.9 Å². The Morgan fingerprint density at radius 2 is 2.22 bits per heavy atom. The molecule has 0 unspecified atom stereocenters. The highest BCUT2D eigenvalue weighted by atomic mass is 127. The van der Waals surface area contributed by atoms with Gasteiger partial charge in [0.15, 0.2) is 5.82 Å². The molecule has 0 bridgehead atoms. The van der Waals surface area contributed by atoms with Crippen LogP contribution in [0.5, 0.6) is 0 Å². The standard InChI is InChI=1S/C11H8BrFIN3O/c1-5-2-7(13)6(12)3-8(5)17-10-9(14)11(18)16-4-15-10/h2-4H,1H3,(H2,15,16,17,18). The maximum absolute atomic E-state index is 13.3. The van der Waals surface area contributed by atoms with Crippen LogP contribution in [0.3, 0.4) is 0 Å². The molecule has 2 N–H and O–H groups in total. The highest BCUT2D eigenvalue weighted by Crippen LogP contribution is 2.27. The first-order chi connectivity index (χ1) is 8.49. The Labute approximate surface area is 124 Å². The molecule has 0 aliphatic carbocycles. The number of aromatic nitrogens is 2. The quantitative estimate of drug-likeness (QED) is 0.728.